The van der Waals surface area contributed by atoms with Crippen LogP contribution in [0.5, 0.6) is 0 Å². The Hall–Kier alpha value is -4.01. The molecule has 0 spiro atoms. The highest BCUT2D eigenvalue weighted by atomic mass is 35.5. The maximum absolute atomic E-state index is 12.7. The third kappa shape index (κ3) is 4.21. The Labute approximate surface area is 196 Å². The Morgan fingerprint density at radius 3 is 2.67 bits per heavy atom. The lowest BCUT2D eigenvalue weighted by atomic mass is 10.1. The van der Waals surface area contributed by atoms with Gasteiger partial charge in [0.05, 0.1) is 20.2 Å². The molecule has 3 aromatic carbocycles. The van der Waals surface area contributed by atoms with Crippen molar-refractivity contribution in [2.45, 2.75) is 0 Å². The number of hydrogen-bond acceptors (Lipinski definition) is 6. The van der Waals surface area contributed by atoms with Gasteiger partial charge >= 0.3 is 0 Å². The number of para-hydroxylation sites is 1. The molecule has 5 aromatic rings. The molecule has 162 valence electrons. The molecule has 2 aromatic heterocycles. The van der Waals surface area contributed by atoms with E-state index in [1.54, 1.807) is 41.7 Å². The van der Waals surface area contributed by atoms with E-state index in [2.05, 4.69) is 10.3 Å². The van der Waals surface area contributed by atoms with Crippen molar-refractivity contribution in [2.24, 2.45) is 0 Å². The first-order valence-electron chi connectivity index (χ1n) is 9.79. The van der Waals surface area contributed by atoms with Gasteiger partial charge in [-0.15, -0.1) is 11.3 Å². The molecule has 0 radical (unpaired) electrons. The summed E-state index contributed by atoms with van der Waals surface area (Å²) in [7, 11) is 0. The van der Waals surface area contributed by atoms with Gasteiger partial charge in [0, 0.05) is 28.9 Å². The summed E-state index contributed by atoms with van der Waals surface area (Å²) >= 11 is 8.03. The number of nitrogens with one attached hydrogen (secondary N) is 1. The average Bonchev–Trinajstić information content (AvgIpc) is 3.47. The molecular weight excluding hydrogens is 462 g/mol. The van der Waals surface area contributed by atoms with Crippen LogP contribution in [0.1, 0.15) is 10.6 Å². The number of rotatable bonds is 5. The highest BCUT2D eigenvalue weighted by molar-refractivity contribution is 7.21. The van der Waals surface area contributed by atoms with Crippen LogP contribution < -0.4 is 5.32 Å². The Balaban J connectivity index is 1.35. The molecule has 0 aliphatic carbocycles. The van der Waals surface area contributed by atoms with Crippen LogP contribution in [0.2, 0.25) is 5.02 Å². The molecule has 9 heteroatoms. The van der Waals surface area contributed by atoms with Crippen LogP contribution in [0.3, 0.4) is 0 Å². The summed E-state index contributed by atoms with van der Waals surface area (Å²) in [5.74, 6) is -0.0357. The van der Waals surface area contributed by atoms with Crippen LogP contribution in [0, 0.1) is 10.1 Å². The van der Waals surface area contributed by atoms with Crippen molar-refractivity contribution in [3.63, 3.8) is 0 Å². The molecule has 1 amide bonds. The highest BCUT2D eigenvalue weighted by Gasteiger charge is 2.16. The van der Waals surface area contributed by atoms with Gasteiger partial charge in [-0.05, 0) is 42.5 Å². The standard InChI is InChI=1S/C24H14ClN3O4S/c25-18-13-15(8-9-17(18)24-27-19-6-1-2-7-22(19)33-24)26-23(29)21-11-10-20(32-21)14-4-3-5-16(12-14)28(30)31/h1-13H,(H,26,29). The van der Waals surface area contributed by atoms with Gasteiger partial charge in [-0.25, -0.2) is 4.98 Å². The molecule has 0 saturated heterocycles. The number of hydrogen-bond donors (Lipinski definition) is 1. The minimum Gasteiger partial charge on any atom is -0.451 e. The van der Waals surface area contributed by atoms with E-state index < -0.39 is 10.8 Å². The van der Waals surface area contributed by atoms with E-state index in [4.69, 9.17) is 16.0 Å². The summed E-state index contributed by atoms with van der Waals surface area (Å²) < 4.78 is 6.69. The predicted molar refractivity (Wildman–Crippen MR) is 129 cm³/mol. The fourth-order valence-corrected chi connectivity index (χ4v) is 4.67. The number of carbonyl (C=O) groups excluding carboxylic acids is 1. The monoisotopic (exact) mass is 475 g/mol. The number of fused-ring (bicyclic) bond motifs is 1. The van der Waals surface area contributed by atoms with E-state index in [-0.39, 0.29) is 11.4 Å². The van der Waals surface area contributed by atoms with Crippen LogP contribution in [0.4, 0.5) is 11.4 Å². The lowest BCUT2D eigenvalue weighted by Crippen LogP contribution is -2.10. The zero-order chi connectivity index (χ0) is 22.9. The molecule has 0 aliphatic rings. The molecule has 0 unspecified atom stereocenters. The molecule has 2 heterocycles. The second-order valence-corrected chi connectivity index (χ2v) is 8.54. The summed E-state index contributed by atoms with van der Waals surface area (Å²) in [6, 6.07) is 22.2. The van der Waals surface area contributed by atoms with Crippen LogP contribution in [-0.4, -0.2) is 15.8 Å². The van der Waals surface area contributed by atoms with E-state index in [0.717, 1.165) is 20.8 Å². The molecule has 1 N–H and O–H groups in total. The Bertz CT molecular complexity index is 1490. The molecule has 33 heavy (non-hydrogen) atoms. The van der Waals surface area contributed by atoms with E-state index in [1.807, 2.05) is 30.3 Å². The Kier molecular flexibility index (Phi) is 5.37. The number of carbonyl (C=O) groups is 1. The number of benzene rings is 3. The van der Waals surface area contributed by atoms with Gasteiger partial charge in [0.15, 0.2) is 5.76 Å². The second-order valence-electron chi connectivity index (χ2n) is 7.11. The molecular formula is C24H14ClN3O4S. The van der Waals surface area contributed by atoms with Crippen molar-refractivity contribution in [3.8, 4) is 21.9 Å². The smallest absolute Gasteiger partial charge is 0.291 e. The van der Waals surface area contributed by atoms with Gasteiger partial charge in [0.1, 0.15) is 10.8 Å². The van der Waals surface area contributed by atoms with E-state index in [1.165, 1.54) is 18.2 Å². The van der Waals surface area contributed by atoms with E-state index in [0.29, 0.717) is 22.0 Å². The summed E-state index contributed by atoms with van der Waals surface area (Å²) in [4.78, 5) is 27.8. The Morgan fingerprint density at radius 1 is 1.03 bits per heavy atom. The number of halogens is 1. The molecule has 0 aliphatic heterocycles. The largest absolute Gasteiger partial charge is 0.451 e. The first kappa shape index (κ1) is 20.9. The maximum Gasteiger partial charge on any atom is 0.291 e. The van der Waals surface area contributed by atoms with Crippen molar-refractivity contribution >= 4 is 50.4 Å². The Morgan fingerprint density at radius 2 is 1.88 bits per heavy atom. The van der Waals surface area contributed by atoms with Gasteiger partial charge < -0.3 is 9.73 Å². The van der Waals surface area contributed by atoms with Crippen LogP contribution >= 0.6 is 22.9 Å². The number of nitrogens with zero attached hydrogens (tertiary/aromatic N) is 2. The second kappa shape index (κ2) is 8.50. The number of furan rings is 1. The van der Waals surface area contributed by atoms with Crippen molar-refractivity contribution in [1.29, 1.82) is 0 Å². The normalized spacial score (nSPS) is 10.9. The first-order valence-corrected chi connectivity index (χ1v) is 11.0. The molecule has 0 atom stereocenters. The molecule has 0 bridgehead atoms. The molecule has 0 fully saturated rings. The van der Waals surface area contributed by atoms with Gasteiger partial charge in [-0.3, -0.25) is 14.9 Å². The fraction of sp³-hybridized carbons (Fsp3) is 0. The number of amides is 1. The van der Waals surface area contributed by atoms with E-state index >= 15 is 0 Å². The topological polar surface area (TPSA) is 98.3 Å². The van der Waals surface area contributed by atoms with Gasteiger partial charge in [-0.1, -0.05) is 35.9 Å². The number of nitro benzene ring substituents is 1. The third-order valence-electron chi connectivity index (χ3n) is 4.92. The minimum absolute atomic E-state index is 0.0576. The summed E-state index contributed by atoms with van der Waals surface area (Å²) in [5, 5.41) is 15.0. The first-order chi connectivity index (χ1) is 16.0. The average molecular weight is 476 g/mol. The predicted octanol–water partition coefficient (Wildman–Crippen LogP) is 7.04. The lowest BCUT2D eigenvalue weighted by Gasteiger charge is -2.06. The van der Waals surface area contributed by atoms with Crippen molar-refractivity contribution in [1.82, 2.24) is 4.98 Å². The van der Waals surface area contributed by atoms with Crippen molar-refractivity contribution in [3.05, 3.63) is 99.8 Å². The van der Waals surface area contributed by atoms with Gasteiger partial charge in [0.2, 0.25) is 0 Å². The lowest BCUT2D eigenvalue weighted by molar-refractivity contribution is -0.384. The van der Waals surface area contributed by atoms with Gasteiger partial charge in [-0.2, -0.15) is 0 Å². The number of nitro groups is 1. The molecule has 0 saturated carbocycles. The van der Waals surface area contributed by atoms with Crippen LogP contribution in [0.25, 0.3) is 32.1 Å². The van der Waals surface area contributed by atoms with E-state index in [9.17, 15) is 14.9 Å². The van der Waals surface area contributed by atoms with Crippen molar-refractivity contribution in [2.75, 3.05) is 5.32 Å². The quantitative estimate of drug-likeness (QED) is 0.217. The molecule has 5 rings (SSSR count). The van der Waals surface area contributed by atoms with Crippen LogP contribution in [-0.2, 0) is 0 Å². The number of non-ortho nitro benzene ring substituents is 1. The van der Waals surface area contributed by atoms with Crippen molar-refractivity contribution < 1.29 is 14.1 Å². The summed E-state index contributed by atoms with van der Waals surface area (Å²) in [6.07, 6.45) is 0. The minimum atomic E-state index is -0.484. The van der Waals surface area contributed by atoms with Crippen LogP contribution in [0.15, 0.2) is 83.3 Å². The fourth-order valence-electron chi connectivity index (χ4n) is 3.33. The number of thiazole rings is 1. The number of anilines is 1. The SMILES string of the molecule is O=C(Nc1ccc(-c2nc3ccccc3s2)c(Cl)c1)c1ccc(-c2cccc([N+](=O)[O-])c2)o1. The highest BCUT2D eigenvalue weighted by Crippen LogP contribution is 2.35. The maximum atomic E-state index is 12.7. The third-order valence-corrected chi connectivity index (χ3v) is 6.30. The summed E-state index contributed by atoms with van der Waals surface area (Å²) in [5.41, 5.74) is 2.64. The zero-order valence-electron chi connectivity index (χ0n) is 16.8. The summed E-state index contributed by atoms with van der Waals surface area (Å²) in [6.45, 7) is 0. The van der Waals surface area contributed by atoms with Gasteiger partial charge in [0.25, 0.3) is 11.6 Å². The molecule has 7 nitrogen and oxygen atoms in total. The number of aromatic nitrogens is 1. The zero-order valence-corrected chi connectivity index (χ0v) is 18.4.